The van der Waals surface area contributed by atoms with Gasteiger partial charge >= 0.3 is 5.97 Å². The van der Waals surface area contributed by atoms with E-state index in [2.05, 4.69) is 24.1 Å². The summed E-state index contributed by atoms with van der Waals surface area (Å²) in [6.45, 7) is 6.20. The lowest BCUT2D eigenvalue weighted by atomic mass is 9.77. The van der Waals surface area contributed by atoms with Gasteiger partial charge in [0.05, 0.1) is 16.0 Å². The van der Waals surface area contributed by atoms with Crippen LogP contribution in [-0.4, -0.2) is 46.4 Å². The molecule has 0 spiro atoms. The summed E-state index contributed by atoms with van der Waals surface area (Å²) < 4.78 is 5.34. The SMILES string of the molecule is C[C@@H]1[C@H](C)CCC[C@H]1N1C[C@H](C(=O)O[C@@H](C)C(=O)Nc2ncc(Cl)cc2Cl)CC1=O. The Bertz CT molecular complexity index is 834. The lowest BCUT2D eigenvalue weighted by Gasteiger charge is -2.39. The number of anilines is 1. The van der Waals surface area contributed by atoms with Crippen molar-refractivity contribution in [1.29, 1.82) is 0 Å². The highest BCUT2D eigenvalue weighted by Crippen LogP contribution is 2.36. The van der Waals surface area contributed by atoms with Gasteiger partial charge in [-0.15, -0.1) is 0 Å². The van der Waals surface area contributed by atoms with Crippen molar-refractivity contribution >= 4 is 46.8 Å². The number of esters is 1. The second-order valence-corrected chi connectivity index (χ2v) is 9.18. The summed E-state index contributed by atoms with van der Waals surface area (Å²) in [7, 11) is 0. The molecule has 30 heavy (non-hydrogen) atoms. The molecule has 1 aliphatic carbocycles. The molecule has 1 N–H and O–H groups in total. The van der Waals surface area contributed by atoms with Crippen molar-refractivity contribution in [1.82, 2.24) is 9.88 Å². The molecule has 0 aromatic carbocycles. The minimum atomic E-state index is -1.05. The summed E-state index contributed by atoms with van der Waals surface area (Å²) in [6.07, 6.45) is 3.65. The Labute approximate surface area is 186 Å². The van der Waals surface area contributed by atoms with Gasteiger partial charge in [0.25, 0.3) is 5.91 Å². The number of rotatable bonds is 5. The molecule has 1 saturated heterocycles. The fourth-order valence-electron chi connectivity index (χ4n) is 4.25. The Morgan fingerprint density at radius 1 is 1.30 bits per heavy atom. The van der Waals surface area contributed by atoms with E-state index >= 15 is 0 Å². The zero-order valence-electron chi connectivity index (χ0n) is 17.4. The van der Waals surface area contributed by atoms with Crippen molar-refractivity contribution in [3.63, 3.8) is 0 Å². The van der Waals surface area contributed by atoms with Gasteiger partial charge in [-0.25, -0.2) is 4.98 Å². The second-order valence-electron chi connectivity index (χ2n) is 8.33. The highest BCUT2D eigenvalue weighted by Gasteiger charge is 2.42. The van der Waals surface area contributed by atoms with Crippen molar-refractivity contribution in [2.45, 2.75) is 58.6 Å². The highest BCUT2D eigenvalue weighted by molar-refractivity contribution is 6.36. The summed E-state index contributed by atoms with van der Waals surface area (Å²) in [5, 5.41) is 3.04. The normalized spacial score (nSPS) is 27.6. The summed E-state index contributed by atoms with van der Waals surface area (Å²) in [6, 6.07) is 1.62. The average Bonchev–Trinajstić information content (AvgIpc) is 3.07. The fraction of sp³-hybridized carbons (Fsp3) is 0.619. The van der Waals surface area contributed by atoms with Crippen LogP contribution in [-0.2, 0) is 19.1 Å². The largest absolute Gasteiger partial charge is 0.452 e. The number of carbonyl (C=O) groups is 3. The van der Waals surface area contributed by atoms with Crippen molar-refractivity contribution in [3.05, 3.63) is 22.3 Å². The smallest absolute Gasteiger partial charge is 0.312 e. The van der Waals surface area contributed by atoms with E-state index < -0.39 is 23.9 Å². The van der Waals surface area contributed by atoms with Crippen LogP contribution in [0.1, 0.15) is 46.5 Å². The van der Waals surface area contributed by atoms with E-state index in [0.717, 1.165) is 12.8 Å². The van der Waals surface area contributed by atoms with E-state index in [-0.39, 0.29) is 29.2 Å². The van der Waals surface area contributed by atoms with Gasteiger partial charge in [-0.05, 0) is 31.2 Å². The first kappa shape index (κ1) is 22.8. The maximum atomic E-state index is 12.6. The first-order chi connectivity index (χ1) is 14.2. The number of amides is 2. The predicted molar refractivity (Wildman–Crippen MR) is 114 cm³/mol. The standard InChI is InChI=1S/C21H27Cl2N3O4/c1-11-5-4-6-17(12(11)2)26-10-14(7-18(26)27)21(29)30-13(3)20(28)25-19-16(23)8-15(22)9-24-19/h8-9,11-14,17H,4-7,10H2,1-3H3,(H,24,25,28)/t11-,12-,13+,14-,17-/m1/s1. The van der Waals surface area contributed by atoms with Crippen LogP contribution < -0.4 is 5.32 Å². The van der Waals surface area contributed by atoms with Crippen LogP contribution >= 0.6 is 23.2 Å². The fourth-order valence-corrected chi connectivity index (χ4v) is 4.68. The second kappa shape index (κ2) is 9.52. The molecule has 2 heterocycles. The average molecular weight is 456 g/mol. The molecule has 0 radical (unpaired) electrons. The Hall–Kier alpha value is -1.86. The monoisotopic (exact) mass is 455 g/mol. The molecule has 1 aromatic heterocycles. The molecule has 1 aromatic rings. The van der Waals surface area contributed by atoms with E-state index in [4.69, 9.17) is 27.9 Å². The minimum absolute atomic E-state index is 0.0165. The number of hydrogen-bond donors (Lipinski definition) is 1. The summed E-state index contributed by atoms with van der Waals surface area (Å²) in [5.74, 6) is -0.585. The molecule has 2 fully saturated rings. The number of likely N-dealkylation sites (tertiary alicyclic amines) is 1. The zero-order chi connectivity index (χ0) is 22.0. The van der Waals surface area contributed by atoms with Crippen molar-refractivity contribution in [2.24, 2.45) is 17.8 Å². The van der Waals surface area contributed by atoms with Crippen LogP contribution in [0, 0.1) is 17.8 Å². The molecule has 9 heteroatoms. The maximum absolute atomic E-state index is 12.6. The van der Waals surface area contributed by atoms with Crippen molar-refractivity contribution in [3.8, 4) is 0 Å². The van der Waals surface area contributed by atoms with Crippen LogP contribution in [0.15, 0.2) is 12.3 Å². The van der Waals surface area contributed by atoms with Gasteiger partial charge in [0.2, 0.25) is 5.91 Å². The van der Waals surface area contributed by atoms with Crippen molar-refractivity contribution < 1.29 is 19.1 Å². The van der Waals surface area contributed by atoms with Crippen LogP contribution in [0.2, 0.25) is 10.0 Å². The van der Waals surface area contributed by atoms with E-state index in [0.29, 0.717) is 23.4 Å². The Morgan fingerprint density at radius 3 is 2.73 bits per heavy atom. The number of halogens is 2. The van der Waals surface area contributed by atoms with Gasteiger partial charge in [-0.3, -0.25) is 14.4 Å². The zero-order valence-corrected chi connectivity index (χ0v) is 18.9. The molecular formula is C21H27Cl2N3O4. The molecule has 1 saturated carbocycles. The number of nitrogens with one attached hydrogen (secondary N) is 1. The quantitative estimate of drug-likeness (QED) is 0.679. The summed E-state index contributed by atoms with van der Waals surface area (Å²) >= 11 is 11.8. The molecule has 7 nitrogen and oxygen atoms in total. The van der Waals surface area contributed by atoms with E-state index in [9.17, 15) is 14.4 Å². The Morgan fingerprint density at radius 2 is 2.03 bits per heavy atom. The molecular weight excluding hydrogens is 429 g/mol. The van der Waals surface area contributed by atoms with E-state index in [1.54, 1.807) is 0 Å². The number of carbonyl (C=O) groups excluding carboxylic acids is 3. The number of aromatic nitrogens is 1. The summed E-state index contributed by atoms with van der Waals surface area (Å²) in [4.78, 5) is 43.3. The minimum Gasteiger partial charge on any atom is -0.452 e. The van der Waals surface area contributed by atoms with Gasteiger partial charge in [0, 0.05) is 25.2 Å². The molecule has 3 rings (SSSR count). The lowest BCUT2D eigenvalue weighted by Crippen LogP contribution is -2.45. The Kier molecular flexibility index (Phi) is 7.24. The van der Waals surface area contributed by atoms with Crippen LogP contribution in [0.4, 0.5) is 5.82 Å². The highest BCUT2D eigenvalue weighted by atomic mass is 35.5. The number of ether oxygens (including phenoxy) is 1. The number of nitrogens with zero attached hydrogens (tertiary/aromatic N) is 2. The molecule has 0 bridgehead atoms. The predicted octanol–water partition coefficient (Wildman–Crippen LogP) is 3.93. The molecule has 0 unspecified atom stereocenters. The van der Waals surface area contributed by atoms with Gasteiger partial charge in [0.15, 0.2) is 11.9 Å². The maximum Gasteiger partial charge on any atom is 0.312 e. The van der Waals surface area contributed by atoms with Crippen LogP contribution in [0.25, 0.3) is 0 Å². The number of hydrogen-bond acceptors (Lipinski definition) is 5. The van der Waals surface area contributed by atoms with E-state index in [1.165, 1.54) is 25.6 Å². The first-order valence-electron chi connectivity index (χ1n) is 10.3. The molecule has 5 atom stereocenters. The van der Waals surface area contributed by atoms with Crippen molar-refractivity contribution in [2.75, 3.05) is 11.9 Å². The van der Waals surface area contributed by atoms with Crippen LogP contribution in [0.3, 0.4) is 0 Å². The molecule has 2 amide bonds. The third-order valence-corrected chi connectivity index (χ3v) is 6.76. The third-order valence-electron chi connectivity index (χ3n) is 6.27. The Balaban J connectivity index is 1.56. The van der Waals surface area contributed by atoms with Gasteiger partial charge < -0.3 is 15.0 Å². The summed E-state index contributed by atoms with van der Waals surface area (Å²) in [5.41, 5.74) is 0. The van der Waals surface area contributed by atoms with Gasteiger partial charge in [0.1, 0.15) is 0 Å². The molecule has 1 aliphatic heterocycles. The van der Waals surface area contributed by atoms with E-state index in [1.807, 2.05) is 4.90 Å². The van der Waals surface area contributed by atoms with Gasteiger partial charge in [-0.2, -0.15) is 0 Å². The molecule has 2 aliphatic rings. The molecule has 164 valence electrons. The lowest BCUT2D eigenvalue weighted by molar-refractivity contribution is -0.157. The number of pyridine rings is 1. The first-order valence-corrected chi connectivity index (χ1v) is 11.0. The van der Waals surface area contributed by atoms with Gasteiger partial charge in [-0.1, -0.05) is 49.9 Å². The van der Waals surface area contributed by atoms with Crippen LogP contribution in [0.5, 0.6) is 0 Å². The topological polar surface area (TPSA) is 88.6 Å². The third kappa shape index (κ3) is 5.06.